The average Bonchev–Trinajstić information content (AvgIpc) is 2.82. The van der Waals surface area contributed by atoms with Crippen LogP contribution in [0, 0.1) is 0 Å². The molecule has 0 aliphatic carbocycles. The first-order valence-corrected chi connectivity index (χ1v) is 8.92. The average molecular weight is 374 g/mol. The lowest BCUT2D eigenvalue weighted by atomic mass is 10.1. The van der Waals surface area contributed by atoms with Crippen molar-refractivity contribution in [3.8, 4) is 0 Å². The van der Waals surface area contributed by atoms with Crippen molar-refractivity contribution in [2.75, 3.05) is 12.9 Å². The van der Waals surface area contributed by atoms with Crippen LogP contribution in [-0.4, -0.2) is 56.0 Å². The molecule has 11 heteroatoms. The number of carbonyl (C=O) groups is 2. The summed E-state index contributed by atoms with van der Waals surface area (Å²) in [5.41, 5.74) is -1.36. The van der Waals surface area contributed by atoms with Gasteiger partial charge in [0.25, 0.3) is 5.56 Å². The highest BCUT2D eigenvalue weighted by atomic mass is 32.2. The Balaban J connectivity index is 2.42. The van der Waals surface area contributed by atoms with Crippen molar-refractivity contribution in [1.82, 2.24) is 9.55 Å². The summed E-state index contributed by atoms with van der Waals surface area (Å²) in [6.45, 7) is 2.14. The van der Waals surface area contributed by atoms with Gasteiger partial charge in [0.05, 0.1) is 0 Å². The van der Waals surface area contributed by atoms with Gasteiger partial charge in [-0.25, -0.2) is 4.79 Å². The van der Waals surface area contributed by atoms with Gasteiger partial charge in [-0.1, -0.05) is 0 Å². The first-order chi connectivity index (χ1) is 11.7. The molecule has 5 atom stereocenters. The van der Waals surface area contributed by atoms with E-state index >= 15 is 0 Å². The van der Waals surface area contributed by atoms with Gasteiger partial charge in [0.2, 0.25) is 0 Å². The van der Waals surface area contributed by atoms with Crippen molar-refractivity contribution in [3.05, 3.63) is 33.1 Å². The highest BCUT2D eigenvalue weighted by molar-refractivity contribution is 7.85. The highest BCUT2D eigenvalue weighted by Gasteiger charge is 2.50. The number of aromatic nitrogens is 2. The van der Waals surface area contributed by atoms with Gasteiger partial charge in [-0.05, 0) is 0 Å². The molecule has 25 heavy (non-hydrogen) atoms. The maximum absolute atomic E-state index is 12.2. The number of aromatic amines is 1. The minimum absolute atomic E-state index is 0.240. The molecular formula is C14H18N2O8S. The van der Waals surface area contributed by atoms with Crippen LogP contribution in [0.15, 0.2) is 21.9 Å². The molecule has 1 aromatic rings. The Hall–Kier alpha value is -2.27. The van der Waals surface area contributed by atoms with Crippen LogP contribution in [0.4, 0.5) is 0 Å². The second-order valence-electron chi connectivity index (χ2n) is 5.42. The first kappa shape index (κ1) is 19.1. The standard InChI is InChI=1S/C14H18N2O8S/c1-7(17)22-6-9-11(23-8(2)18)12(25(3)21)13(24-9)16-5-4-10(19)15-14(16)20/h4-5,9,11-13H,6H2,1-3H3,(H,15,19,20)/t9-,11-,12-,13-,25?/m1/s1. The van der Waals surface area contributed by atoms with Crippen molar-refractivity contribution in [2.45, 2.75) is 37.5 Å². The molecule has 1 fully saturated rings. The molecule has 138 valence electrons. The quantitative estimate of drug-likeness (QED) is 0.627. The van der Waals surface area contributed by atoms with Gasteiger partial charge < -0.3 is 14.2 Å². The Labute approximate surface area is 144 Å². The van der Waals surface area contributed by atoms with E-state index in [1.807, 2.05) is 0 Å². The molecule has 10 nitrogen and oxygen atoms in total. The number of ether oxygens (including phenoxy) is 3. The molecule has 2 rings (SSSR count). The van der Waals surface area contributed by atoms with E-state index in [1.165, 1.54) is 26.3 Å². The minimum Gasteiger partial charge on any atom is -0.463 e. The number of nitrogens with zero attached hydrogens (tertiary/aromatic N) is 1. The van der Waals surface area contributed by atoms with E-state index in [1.54, 1.807) is 0 Å². The molecule has 0 bridgehead atoms. The molecule has 0 spiro atoms. The molecule has 0 saturated carbocycles. The third-order valence-electron chi connectivity index (χ3n) is 3.55. The second-order valence-corrected chi connectivity index (χ2v) is 6.96. The van der Waals surface area contributed by atoms with Gasteiger partial charge in [0.15, 0.2) is 6.23 Å². The number of H-pyrrole nitrogens is 1. The van der Waals surface area contributed by atoms with Crippen molar-refractivity contribution < 1.29 is 28.0 Å². The van der Waals surface area contributed by atoms with Crippen LogP contribution in [0.2, 0.25) is 0 Å². The van der Waals surface area contributed by atoms with Crippen LogP contribution >= 0.6 is 0 Å². The second kappa shape index (κ2) is 7.74. The van der Waals surface area contributed by atoms with E-state index in [2.05, 4.69) is 4.98 Å². The topological polar surface area (TPSA) is 134 Å². The smallest absolute Gasteiger partial charge is 0.330 e. The zero-order valence-electron chi connectivity index (χ0n) is 13.8. The number of hydrogen-bond acceptors (Lipinski definition) is 8. The molecule has 1 aromatic heterocycles. The summed E-state index contributed by atoms with van der Waals surface area (Å²) in [7, 11) is -1.56. The third kappa shape index (κ3) is 4.42. The van der Waals surface area contributed by atoms with Crippen LogP contribution in [0.5, 0.6) is 0 Å². The summed E-state index contributed by atoms with van der Waals surface area (Å²) in [4.78, 5) is 47.8. The van der Waals surface area contributed by atoms with E-state index in [-0.39, 0.29) is 6.61 Å². The number of carbonyl (C=O) groups excluding carboxylic acids is 2. The molecule has 1 unspecified atom stereocenters. The Morgan fingerprint density at radius 3 is 2.52 bits per heavy atom. The van der Waals surface area contributed by atoms with Crippen LogP contribution in [-0.2, 0) is 34.6 Å². The Kier molecular flexibility index (Phi) is 5.90. The predicted molar refractivity (Wildman–Crippen MR) is 85.3 cm³/mol. The van der Waals surface area contributed by atoms with Crippen molar-refractivity contribution in [2.24, 2.45) is 0 Å². The van der Waals surface area contributed by atoms with Crippen LogP contribution in [0.3, 0.4) is 0 Å². The third-order valence-corrected chi connectivity index (χ3v) is 4.81. The molecule has 1 saturated heterocycles. The van der Waals surface area contributed by atoms with Crippen molar-refractivity contribution in [1.29, 1.82) is 0 Å². The van der Waals surface area contributed by atoms with E-state index in [0.29, 0.717) is 0 Å². The summed E-state index contributed by atoms with van der Waals surface area (Å²) < 4.78 is 29.1. The van der Waals surface area contributed by atoms with Crippen LogP contribution in [0.1, 0.15) is 20.1 Å². The highest BCUT2D eigenvalue weighted by Crippen LogP contribution is 2.34. The Morgan fingerprint density at radius 2 is 2.00 bits per heavy atom. The van der Waals surface area contributed by atoms with Crippen molar-refractivity contribution >= 4 is 22.7 Å². The fourth-order valence-electron chi connectivity index (χ4n) is 2.58. The van der Waals surface area contributed by atoms with Gasteiger partial charge >= 0.3 is 17.6 Å². The van der Waals surface area contributed by atoms with Crippen LogP contribution in [0.25, 0.3) is 0 Å². The number of rotatable bonds is 5. The van der Waals surface area contributed by atoms with Crippen LogP contribution < -0.4 is 11.2 Å². The summed E-state index contributed by atoms with van der Waals surface area (Å²) in [5, 5.41) is -0.895. The van der Waals surface area contributed by atoms with Gasteiger partial charge in [0, 0.05) is 43.2 Å². The lowest BCUT2D eigenvalue weighted by Gasteiger charge is -2.22. The van der Waals surface area contributed by atoms with Gasteiger partial charge in [0.1, 0.15) is 24.1 Å². The lowest BCUT2D eigenvalue weighted by Crippen LogP contribution is -2.42. The number of nitrogens with one attached hydrogen (secondary N) is 1. The predicted octanol–water partition coefficient (Wildman–Crippen LogP) is -1.32. The van der Waals surface area contributed by atoms with Gasteiger partial charge in [-0.3, -0.25) is 28.1 Å². The monoisotopic (exact) mass is 374 g/mol. The molecule has 1 aliphatic heterocycles. The Bertz CT molecular complexity index is 801. The number of esters is 2. The van der Waals surface area contributed by atoms with E-state index in [9.17, 15) is 23.4 Å². The van der Waals surface area contributed by atoms with E-state index < -0.39 is 57.7 Å². The molecule has 2 heterocycles. The normalized spacial score (nSPS) is 26.8. The maximum Gasteiger partial charge on any atom is 0.330 e. The summed E-state index contributed by atoms with van der Waals surface area (Å²) in [5.74, 6) is -1.20. The molecule has 1 aliphatic rings. The molecule has 1 N–H and O–H groups in total. The summed E-state index contributed by atoms with van der Waals surface area (Å²) in [6.07, 6.45) is -0.398. The summed E-state index contributed by atoms with van der Waals surface area (Å²) >= 11 is 0. The maximum atomic E-state index is 12.2. The SMILES string of the molecule is CC(=O)OC[C@H]1O[C@@H](n2ccc(=O)[nH]c2=O)[C@H](S(C)=O)[C@@H]1OC(C)=O. The van der Waals surface area contributed by atoms with Gasteiger partial charge in [-0.2, -0.15) is 0 Å². The molecule has 0 aromatic carbocycles. The lowest BCUT2D eigenvalue weighted by molar-refractivity contribution is -0.155. The zero-order valence-corrected chi connectivity index (χ0v) is 14.6. The molecular weight excluding hydrogens is 356 g/mol. The summed E-state index contributed by atoms with van der Waals surface area (Å²) in [6, 6.07) is 1.11. The van der Waals surface area contributed by atoms with Gasteiger partial charge in [-0.15, -0.1) is 0 Å². The van der Waals surface area contributed by atoms with Crippen molar-refractivity contribution in [3.63, 3.8) is 0 Å². The molecule has 0 radical (unpaired) electrons. The fraction of sp³-hybridized carbons (Fsp3) is 0.571. The number of hydrogen-bond donors (Lipinski definition) is 1. The largest absolute Gasteiger partial charge is 0.463 e. The van der Waals surface area contributed by atoms with E-state index in [4.69, 9.17) is 14.2 Å². The van der Waals surface area contributed by atoms with E-state index in [0.717, 1.165) is 10.6 Å². The Morgan fingerprint density at radius 1 is 1.32 bits per heavy atom. The fourth-order valence-corrected chi connectivity index (χ4v) is 3.71. The molecule has 0 amide bonds. The zero-order chi connectivity index (χ0) is 18.7. The minimum atomic E-state index is -1.56. The first-order valence-electron chi connectivity index (χ1n) is 7.30.